The van der Waals surface area contributed by atoms with Crippen molar-refractivity contribution in [2.24, 2.45) is 0 Å². The second-order valence-electron chi connectivity index (χ2n) is 20.4. The van der Waals surface area contributed by atoms with Crippen molar-refractivity contribution in [3.05, 3.63) is 285 Å². The molecule has 358 valence electrons. The van der Waals surface area contributed by atoms with Crippen molar-refractivity contribution in [3.63, 3.8) is 0 Å². The smallest absolute Gasteiger partial charge is 0.252 e. The van der Waals surface area contributed by atoms with Crippen molar-refractivity contribution in [3.8, 4) is 44.8 Å². The standard InChI is InChI=1S/C72H47BN4/c1-4-18-48(19-5-1)50-32-36-53(37-33-50)74-68-45-42-57(52-22-8-3-9-23-52)72-71(68)73(62-43-40-55(46-69(62)74)75-64-28-14-10-24-58(64)59-25-11-15-29-65(59)75)63-44-41-56(76-66-30-16-12-26-60(66)61-27-13-17-31-67(61)76)47-70(63)77(72)54-38-34-51(35-39-54)49-20-6-2-7-21-49/h1-47H. The lowest BCUT2D eigenvalue weighted by atomic mass is 9.33. The van der Waals surface area contributed by atoms with Gasteiger partial charge in [-0.05, 0) is 123 Å². The van der Waals surface area contributed by atoms with Gasteiger partial charge >= 0.3 is 0 Å². The van der Waals surface area contributed by atoms with Crippen LogP contribution in [0.4, 0.5) is 34.1 Å². The Kier molecular flexibility index (Phi) is 9.70. The fourth-order valence-electron chi connectivity index (χ4n) is 12.9. The number of hydrogen-bond donors (Lipinski definition) is 0. The van der Waals surface area contributed by atoms with Gasteiger partial charge in [0, 0.05) is 66.9 Å². The van der Waals surface area contributed by atoms with Gasteiger partial charge in [0.05, 0.1) is 27.8 Å². The van der Waals surface area contributed by atoms with E-state index >= 15 is 0 Å². The zero-order chi connectivity index (χ0) is 50.6. The fourth-order valence-corrected chi connectivity index (χ4v) is 12.9. The van der Waals surface area contributed by atoms with Crippen molar-refractivity contribution in [1.29, 1.82) is 0 Å². The summed E-state index contributed by atoms with van der Waals surface area (Å²) in [5.74, 6) is 0. The molecule has 0 radical (unpaired) electrons. The number of benzene rings is 12. The Morgan fingerprint density at radius 2 is 0.597 bits per heavy atom. The average Bonchev–Trinajstić information content (AvgIpc) is 4.16. The minimum Gasteiger partial charge on any atom is -0.311 e. The lowest BCUT2D eigenvalue weighted by Crippen LogP contribution is -2.61. The van der Waals surface area contributed by atoms with Crippen molar-refractivity contribution in [2.75, 3.05) is 9.80 Å². The Balaban J connectivity index is 0.999. The quantitative estimate of drug-likeness (QED) is 0.148. The number of nitrogens with zero attached hydrogens (tertiary/aromatic N) is 4. The van der Waals surface area contributed by atoms with E-state index in [9.17, 15) is 0 Å². The van der Waals surface area contributed by atoms with Crippen LogP contribution in [0, 0.1) is 0 Å². The van der Waals surface area contributed by atoms with Crippen molar-refractivity contribution in [2.45, 2.75) is 0 Å². The summed E-state index contributed by atoms with van der Waals surface area (Å²) in [6.45, 7) is -0.118. The predicted octanol–water partition coefficient (Wildman–Crippen LogP) is 17.0. The summed E-state index contributed by atoms with van der Waals surface area (Å²) in [6, 6.07) is 105. The van der Waals surface area contributed by atoms with Gasteiger partial charge in [0.1, 0.15) is 0 Å². The summed E-state index contributed by atoms with van der Waals surface area (Å²) in [4.78, 5) is 5.12. The lowest BCUT2D eigenvalue weighted by molar-refractivity contribution is 1.17. The third kappa shape index (κ3) is 6.67. The first-order valence-electron chi connectivity index (χ1n) is 26.6. The summed E-state index contributed by atoms with van der Waals surface area (Å²) in [6.07, 6.45) is 0. The van der Waals surface area contributed by atoms with Gasteiger partial charge in [0.2, 0.25) is 0 Å². The molecule has 14 aromatic rings. The summed E-state index contributed by atoms with van der Waals surface area (Å²) < 4.78 is 4.91. The number of anilines is 6. The Morgan fingerprint density at radius 3 is 1.04 bits per heavy atom. The zero-order valence-corrected chi connectivity index (χ0v) is 42.0. The molecule has 0 aliphatic carbocycles. The molecule has 2 aliphatic rings. The van der Waals surface area contributed by atoms with Gasteiger partial charge in [0.15, 0.2) is 0 Å². The van der Waals surface area contributed by atoms with Crippen molar-refractivity contribution in [1.82, 2.24) is 9.13 Å². The van der Waals surface area contributed by atoms with Gasteiger partial charge < -0.3 is 18.9 Å². The van der Waals surface area contributed by atoms with Gasteiger partial charge in [-0.3, -0.25) is 0 Å². The summed E-state index contributed by atoms with van der Waals surface area (Å²) in [7, 11) is 0. The van der Waals surface area contributed by atoms with Crippen LogP contribution in [0.2, 0.25) is 0 Å². The van der Waals surface area contributed by atoms with Crippen LogP contribution < -0.4 is 26.2 Å². The third-order valence-electron chi connectivity index (χ3n) is 16.3. The van der Waals surface area contributed by atoms with Crippen LogP contribution in [0.3, 0.4) is 0 Å². The molecular formula is C72H47BN4. The topological polar surface area (TPSA) is 16.3 Å². The van der Waals surface area contributed by atoms with E-state index in [0.29, 0.717) is 0 Å². The molecule has 4 heterocycles. The van der Waals surface area contributed by atoms with Gasteiger partial charge in [-0.2, -0.15) is 0 Å². The Morgan fingerprint density at radius 1 is 0.247 bits per heavy atom. The van der Waals surface area contributed by atoms with Gasteiger partial charge in [-0.25, -0.2) is 0 Å². The first-order valence-corrected chi connectivity index (χ1v) is 26.6. The molecule has 0 bridgehead atoms. The molecule has 16 rings (SSSR count). The van der Waals surface area contributed by atoms with Gasteiger partial charge in [0.25, 0.3) is 6.71 Å². The largest absolute Gasteiger partial charge is 0.311 e. The molecular weight excluding hydrogens is 932 g/mol. The molecule has 12 aromatic carbocycles. The molecule has 2 aromatic heterocycles. The Hall–Kier alpha value is -10.1. The minimum atomic E-state index is -0.118. The number of hydrogen-bond acceptors (Lipinski definition) is 2. The van der Waals surface area contributed by atoms with Crippen LogP contribution in [0.25, 0.3) is 88.4 Å². The fraction of sp³-hybridized carbons (Fsp3) is 0. The van der Waals surface area contributed by atoms with Crippen molar-refractivity contribution >= 4 is 101 Å². The summed E-state index contributed by atoms with van der Waals surface area (Å²) >= 11 is 0. The van der Waals surface area contributed by atoms with E-state index in [2.05, 4.69) is 304 Å². The van der Waals surface area contributed by atoms with E-state index in [4.69, 9.17) is 0 Å². The minimum absolute atomic E-state index is 0.118. The van der Waals surface area contributed by atoms with E-state index in [1.165, 1.54) is 99.1 Å². The predicted molar refractivity (Wildman–Crippen MR) is 325 cm³/mol. The van der Waals surface area contributed by atoms with Gasteiger partial charge in [-0.15, -0.1) is 0 Å². The number of para-hydroxylation sites is 4. The van der Waals surface area contributed by atoms with Crippen LogP contribution in [0.5, 0.6) is 0 Å². The van der Waals surface area contributed by atoms with Crippen LogP contribution in [-0.4, -0.2) is 15.8 Å². The monoisotopic (exact) mass is 978 g/mol. The maximum Gasteiger partial charge on any atom is 0.252 e. The number of fused-ring (bicyclic) bond motifs is 10. The SMILES string of the molecule is c1ccc(-c2ccc(N3c4cc(-n5c6ccccc6c6ccccc65)ccc4B4c5ccc(-n6c7ccccc7c7ccccc76)cc5N(c5ccc(-c6ccccc6)cc5)c5c(-c6ccccc6)ccc3c54)cc2)cc1. The molecule has 77 heavy (non-hydrogen) atoms. The molecule has 0 atom stereocenters. The molecule has 0 saturated carbocycles. The number of rotatable bonds is 7. The average molecular weight is 979 g/mol. The molecule has 0 saturated heterocycles. The van der Waals surface area contributed by atoms with Crippen LogP contribution >= 0.6 is 0 Å². The molecule has 0 spiro atoms. The second-order valence-corrected chi connectivity index (χ2v) is 20.4. The zero-order valence-electron chi connectivity index (χ0n) is 42.0. The molecule has 0 fully saturated rings. The Bertz CT molecular complexity index is 4500. The van der Waals surface area contributed by atoms with Crippen LogP contribution in [0.15, 0.2) is 285 Å². The highest BCUT2D eigenvalue weighted by Gasteiger charge is 2.45. The molecule has 4 nitrogen and oxygen atoms in total. The maximum atomic E-state index is 2.58. The highest BCUT2D eigenvalue weighted by Crippen LogP contribution is 2.49. The highest BCUT2D eigenvalue weighted by atomic mass is 15.2. The Labute approximate surface area is 447 Å². The normalized spacial score (nSPS) is 12.6. The van der Waals surface area contributed by atoms with Crippen molar-refractivity contribution < 1.29 is 0 Å². The molecule has 0 amide bonds. The third-order valence-corrected chi connectivity index (χ3v) is 16.3. The van der Waals surface area contributed by atoms with E-state index in [0.717, 1.165) is 39.8 Å². The maximum absolute atomic E-state index is 2.58. The molecule has 0 N–H and O–H groups in total. The highest BCUT2D eigenvalue weighted by molar-refractivity contribution is 7.00. The lowest BCUT2D eigenvalue weighted by Gasteiger charge is -2.45. The van der Waals surface area contributed by atoms with E-state index in [1.807, 2.05) is 0 Å². The van der Waals surface area contributed by atoms with Crippen LogP contribution in [0.1, 0.15) is 0 Å². The summed E-state index contributed by atoms with van der Waals surface area (Å²) in [5.41, 5.74) is 24.7. The summed E-state index contributed by atoms with van der Waals surface area (Å²) in [5, 5.41) is 4.98. The van der Waals surface area contributed by atoms with Crippen LogP contribution in [-0.2, 0) is 0 Å². The van der Waals surface area contributed by atoms with E-state index < -0.39 is 0 Å². The molecule has 0 unspecified atom stereocenters. The first kappa shape index (κ1) is 43.3. The molecule has 2 aliphatic heterocycles. The first-order chi connectivity index (χ1) is 38.2. The molecule has 5 heteroatoms. The number of aromatic nitrogens is 2. The van der Waals surface area contributed by atoms with Gasteiger partial charge in [-0.1, -0.05) is 206 Å². The van der Waals surface area contributed by atoms with E-state index in [-0.39, 0.29) is 6.71 Å². The van der Waals surface area contributed by atoms with E-state index in [1.54, 1.807) is 0 Å². The second kappa shape index (κ2) is 17.2.